The number of rotatable bonds is 7. The molecule has 6 heteroatoms. The SMILES string of the molecule is CN=C(NCCC1=CCCCC1)NCC(C)CN1CCN(C)CC1.I. The molecule has 0 radical (unpaired) electrons. The number of guanidine groups is 1. The molecule has 2 aliphatic rings. The molecule has 0 amide bonds. The van der Waals surface area contributed by atoms with Gasteiger partial charge >= 0.3 is 0 Å². The molecule has 1 atom stereocenters. The smallest absolute Gasteiger partial charge is 0.190 e. The standard InChI is InChI=1S/C19H37N5.HI/c1-17(16-24-13-11-23(3)12-14-24)15-22-19(20-2)21-10-9-18-7-5-4-6-8-18;/h7,17H,4-6,8-16H2,1-3H3,(H2,20,21,22);1H. The van der Waals surface area contributed by atoms with Crippen molar-refractivity contribution in [1.82, 2.24) is 20.4 Å². The van der Waals surface area contributed by atoms with Crippen LogP contribution in [0, 0.1) is 5.92 Å². The number of piperazine rings is 1. The first-order valence-electron chi connectivity index (χ1n) is 9.70. The molecule has 1 unspecified atom stereocenters. The minimum Gasteiger partial charge on any atom is -0.356 e. The molecule has 1 heterocycles. The number of aliphatic imine (C=N–C) groups is 1. The highest BCUT2D eigenvalue weighted by atomic mass is 127. The Morgan fingerprint density at radius 1 is 1.20 bits per heavy atom. The van der Waals surface area contributed by atoms with Crippen molar-refractivity contribution in [3.8, 4) is 0 Å². The summed E-state index contributed by atoms with van der Waals surface area (Å²) in [6, 6.07) is 0. The fourth-order valence-electron chi connectivity index (χ4n) is 3.50. The van der Waals surface area contributed by atoms with Gasteiger partial charge in [0.2, 0.25) is 0 Å². The van der Waals surface area contributed by atoms with E-state index in [9.17, 15) is 0 Å². The fourth-order valence-corrected chi connectivity index (χ4v) is 3.50. The van der Waals surface area contributed by atoms with E-state index in [2.05, 4.69) is 45.5 Å². The van der Waals surface area contributed by atoms with Crippen LogP contribution in [0.5, 0.6) is 0 Å². The lowest BCUT2D eigenvalue weighted by Crippen LogP contribution is -2.47. The summed E-state index contributed by atoms with van der Waals surface area (Å²) >= 11 is 0. The third kappa shape index (κ3) is 9.24. The molecular formula is C19H38IN5. The first kappa shape index (κ1) is 22.7. The highest BCUT2D eigenvalue weighted by Crippen LogP contribution is 2.19. The van der Waals surface area contributed by atoms with Crippen LogP contribution in [-0.4, -0.2) is 75.7 Å². The van der Waals surface area contributed by atoms with Crippen molar-refractivity contribution in [1.29, 1.82) is 0 Å². The molecule has 1 saturated heterocycles. The van der Waals surface area contributed by atoms with Crippen LogP contribution < -0.4 is 10.6 Å². The van der Waals surface area contributed by atoms with E-state index in [0.717, 1.165) is 25.5 Å². The molecule has 2 rings (SSSR count). The van der Waals surface area contributed by atoms with Crippen LogP contribution in [0.2, 0.25) is 0 Å². The molecule has 0 aromatic heterocycles. The van der Waals surface area contributed by atoms with Crippen molar-refractivity contribution in [2.45, 2.75) is 39.0 Å². The Labute approximate surface area is 171 Å². The Bertz CT molecular complexity index is 416. The molecule has 0 spiro atoms. The van der Waals surface area contributed by atoms with Crippen molar-refractivity contribution in [3.63, 3.8) is 0 Å². The molecule has 25 heavy (non-hydrogen) atoms. The van der Waals surface area contributed by atoms with Gasteiger partial charge < -0.3 is 20.4 Å². The van der Waals surface area contributed by atoms with Crippen LogP contribution in [0.25, 0.3) is 0 Å². The number of hydrogen-bond donors (Lipinski definition) is 2. The van der Waals surface area contributed by atoms with Crippen LogP contribution in [0.3, 0.4) is 0 Å². The van der Waals surface area contributed by atoms with E-state index in [1.165, 1.54) is 58.4 Å². The quantitative estimate of drug-likeness (QED) is 0.264. The van der Waals surface area contributed by atoms with Crippen LogP contribution in [0.4, 0.5) is 0 Å². The maximum atomic E-state index is 4.35. The minimum absolute atomic E-state index is 0. The Morgan fingerprint density at radius 2 is 1.96 bits per heavy atom. The number of likely N-dealkylation sites (N-methyl/N-ethyl adjacent to an activating group) is 1. The van der Waals surface area contributed by atoms with Gasteiger partial charge in [-0.05, 0) is 45.1 Å². The lowest BCUT2D eigenvalue weighted by atomic mass is 9.97. The van der Waals surface area contributed by atoms with Crippen LogP contribution in [-0.2, 0) is 0 Å². The third-order valence-corrected chi connectivity index (χ3v) is 5.13. The van der Waals surface area contributed by atoms with Crippen molar-refractivity contribution >= 4 is 29.9 Å². The monoisotopic (exact) mass is 463 g/mol. The summed E-state index contributed by atoms with van der Waals surface area (Å²) in [5, 5.41) is 6.95. The van der Waals surface area contributed by atoms with E-state index in [4.69, 9.17) is 0 Å². The minimum atomic E-state index is 0. The summed E-state index contributed by atoms with van der Waals surface area (Å²) in [5.74, 6) is 1.57. The fraction of sp³-hybridized carbons (Fsp3) is 0.842. The average molecular weight is 463 g/mol. The molecule has 1 fully saturated rings. The zero-order chi connectivity index (χ0) is 17.2. The topological polar surface area (TPSA) is 42.9 Å². The zero-order valence-electron chi connectivity index (χ0n) is 16.4. The lowest BCUT2D eigenvalue weighted by molar-refractivity contribution is 0.139. The second-order valence-electron chi connectivity index (χ2n) is 7.45. The van der Waals surface area contributed by atoms with Gasteiger partial charge in [0.25, 0.3) is 0 Å². The Kier molecular flexibility index (Phi) is 11.7. The van der Waals surface area contributed by atoms with E-state index in [0.29, 0.717) is 5.92 Å². The normalized spacial score (nSPS) is 21.2. The highest BCUT2D eigenvalue weighted by molar-refractivity contribution is 14.0. The van der Waals surface area contributed by atoms with Crippen molar-refractivity contribution in [3.05, 3.63) is 11.6 Å². The molecule has 1 aliphatic heterocycles. The van der Waals surface area contributed by atoms with Crippen LogP contribution in [0.15, 0.2) is 16.6 Å². The van der Waals surface area contributed by atoms with Crippen molar-refractivity contribution < 1.29 is 0 Å². The maximum absolute atomic E-state index is 4.35. The summed E-state index contributed by atoms with van der Waals surface area (Å²) in [5.41, 5.74) is 1.62. The lowest BCUT2D eigenvalue weighted by Gasteiger charge is -2.34. The van der Waals surface area contributed by atoms with E-state index in [1.54, 1.807) is 5.57 Å². The first-order chi connectivity index (χ1) is 11.7. The predicted octanol–water partition coefficient (Wildman–Crippen LogP) is 2.54. The molecule has 0 aromatic carbocycles. The molecule has 0 bridgehead atoms. The molecule has 2 N–H and O–H groups in total. The van der Waals surface area contributed by atoms with E-state index in [1.807, 2.05) is 7.05 Å². The van der Waals surface area contributed by atoms with Gasteiger partial charge in [0, 0.05) is 52.9 Å². The molecule has 146 valence electrons. The Morgan fingerprint density at radius 3 is 2.60 bits per heavy atom. The summed E-state index contributed by atoms with van der Waals surface area (Å²) in [6.07, 6.45) is 8.87. The Balaban J connectivity index is 0.00000312. The summed E-state index contributed by atoms with van der Waals surface area (Å²) in [7, 11) is 4.07. The van der Waals surface area contributed by atoms with Gasteiger partial charge in [-0.15, -0.1) is 24.0 Å². The molecule has 0 saturated carbocycles. The number of hydrogen-bond acceptors (Lipinski definition) is 3. The van der Waals surface area contributed by atoms with E-state index in [-0.39, 0.29) is 24.0 Å². The number of allylic oxidation sites excluding steroid dienone is 1. The third-order valence-electron chi connectivity index (χ3n) is 5.13. The van der Waals surface area contributed by atoms with Gasteiger partial charge in [-0.3, -0.25) is 4.99 Å². The van der Waals surface area contributed by atoms with Crippen molar-refractivity contribution in [2.24, 2.45) is 10.9 Å². The van der Waals surface area contributed by atoms with E-state index < -0.39 is 0 Å². The number of nitrogens with one attached hydrogen (secondary N) is 2. The van der Waals surface area contributed by atoms with Gasteiger partial charge in [0.05, 0.1) is 0 Å². The molecular weight excluding hydrogens is 425 g/mol. The largest absolute Gasteiger partial charge is 0.356 e. The van der Waals surface area contributed by atoms with Gasteiger partial charge in [-0.25, -0.2) is 0 Å². The molecule has 1 aliphatic carbocycles. The average Bonchev–Trinajstić information content (AvgIpc) is 2.61. The highest BCUT2D eigenvalue weighted by Gasteiger charge is 2.16. The summed E-state index contributed by atoms with van der Waals surface area (Å²) < 4.78 is 0. The predicted molar refractivity (Wildman–Crippen MR) is 119 cm³/mol. The number of nitrogens with zero attached hydrogens (tertiary/aromatic N) is 3. The number of halogens is 1. The maximum Gasteiger partial charge on any atom is 0.190 e. The van der Waals surface area contributed by atoms with Gasteiger partial charge in [0.1, 0.15) is 0 Å². The van der Waals surface area contributed by atoms with Gasteiger partial charge in [-0.1, -0.05) is 18.6 Å². The molecule has 0 aromatic rings. The first-order valence-corrected chi connectivity index (χ1v) is 9.70. The van der Waals surface area contributed by atoms with Gasteiger partial charge in [0.15, 0.2) is 5.96 Å². The summed E-state index contributed by atoms with van der Waals surface area (Å²) in [6.45, 7) is 10.2. The zero-order valence-corrected chi connectivity index (χ0v) is 18.7. The molecule has 5 nitrogen and oxygen atoms in total. The van der Waals surface area contributed by atoms with Gasteiger partial charge in [-0.2, -0.15) is 0 Å². The Hall–Kier alpha value is -0.340. The second-order valence-corrected chi connectivity index (χ2v) is 7.45. The summed E-state index contributed by atoms with van der Waals surface area (Å²) in [4.78, 5) is 9.35. The van der Waals surface area contributed by atoms with E-state index >= 15 is 0 Å². The second kappa shape index (κ2) is 12.9. The van der Waals surface area contributed by atoms with Crippen LogP contribution >= 0.6 is 24.0 Å². The van der Waals surface area contributed by atoms with Crippen molar-refractivity contribution in [2.75, 3.05) is 59.9 Å². The van der Waals surface area contributed by atoms with Crippen LogP contribution in [0.1, 0.15) is 39.0 Å².